The second-order valence-electron chi connectivity index (χ2n) is 11.1. The van der Waals surface area contributed by atoms with Crippen molar-refractivity contribution in [2.24, 2.45) is 17.8 Å². The van der Waals surface area contributed by atoms with Crippen LogP contribution in [0, 0.1) is 17.8 Å². The summed E-state index contributed by atoms with van der Waals surface area (Å²) in [6.45, 7) is 3.60. The highest BCUT2D eigenvalue weighted by Crippen LogP contribution is 2.60. The molecule has 1 aromatic rings. The van der Waals surface area contributed by atoms with Crippen molar-refractivity contribution in [1.29, 1.82) is 0 Å². The number of carbonyl (C=O) groups is 3. The Morgan fingerprint density at radius 1 is 1.17 bits per heavy atom. The molecule has 9 heteroatoms. The van der Waals surface area contributed by atoms with Crippen LogP contribution >= 0.6 is 15.9 Å². The smallest absolute Gasteiger partial charge is 0.246 e. The number of hydrogen-bond donors (Lipinski definition) is 3. The Hall–Kier alpha value is -1.97. The maximum Gasteiger partial charge on any atom is 0.246 e. The van der Waals surface area contributed by atoms with Crippen molar-refractivity contribution >= 4 is 39.3 Å². The van der Waals surface area contributed by atoms with Crippen molar-refractivity contribution in [2.45, 2.75) is 87.0 Å². The molecule has 7 atom stereocenters. The Kier molecular flexibility index (Phi) is 7.18. The van der Waals surface area contributed by atoms with Gasteiger partial charge in [0.2, 0.25) is 17.7 Å². The number of benzene rings is 1. The maximum absolute atomic E-state index is 14.1. The first-order valence-corrected chi connectivity index (χ1v) is 14.1. The minimum absolute atomic E-state index is 0.0702. The molecular weight excluding hydrogens is 526 g/mol. The van der Waals surface area contributed by atoms with Gasteiger partial charge in [-0.1, -0.05) is 67.2 Å². The van der Waals surface area contributed by atoms with Crippen LogP contribution in [-0.2, 0) is 19.1 Å². The van der Waals surface area contributed by atoms with E-state index in [0.29, 0.717) is 12.1 Å². The summed E-state index contributed by atoms with van der Waals surface area (Å²) in [5, 5.41) is 16.5. The van der Waals surface area contributed by atoms with Crippen LogP contribution in [0.3, 0.4) is 0 Å². The third kappa shape index (κ3) is 4.17. The van der Waals surface area contributed by atoms with Crippen molar-refractivity contribution in [3.8, 4) is 0 Å². The van der Waals surface area contributed by atoms with Crippen LogP contribution in [0.15, 0.2) is 30.3 Å². The van der Waals surface area contributed by atoms with E-state index in [1.54, 1.807) is 17.0 Å². The molecule has 3 unspecified atom stereocenters. The van der Waals surface area contributed by atoms with E-state index >= 15 is 0 Å². The molecule has 3 heterocycles. The summed E-state index contributed by atoms with van der Waals surface area (Å²) in [6, 6.07) is 7.78. The van der Waals surface area contributed by atoms with Crippen LogP contribution < -0.4 is 10.6 Å². The van der Waals surface area contributed by atoms with Gasteiger partial charge in [-0.2, -0.15) is 0 Å². The number of halogens is 1. The van der Waals surface area contributed by atoms with E-state index in [0.717, 1.165) is 25.7 Å². The summed E-state index contributed by atoms with van der Waals surface area (Å²) in [6.07, 6.45) is 5.09. The summed E-state index contributed by atoms with van der Waals surface area (Å²) < 4.78 is 6.55. The van der Waals surface area contributed by atoms with Gasteiger partial charge in [0.05, 0.1) is 30.6 Å². The SMILES string of the molecule is CC(C)[C@H](CO)N1C(=O)[C@@H]2[C@H](C(=O)Nc3ccccc3)[C@H]3OC2(CC3Br)C1C(=O)NC1CCCCC1. The number of ether oxygens (including phenoxy) is 1. The molecule has 3 amide bonds. The number of nitrogens with one attached hydrogen (secondary N) is 2. The molecule has 3 saturated heterocycles. The minimum atomic E-state index is -1.12. The molecule has 0 aromatic heterocycles. The number of likely N-dealkylation sites (tertiary alicyclic amines) is 1. The molecular formula is C27H36BrN3O5. The molecule has 1 saturated carbocycles. The Balaban J connectivity index is 1.51. The van der Waals surface area contributed by atoms with Crippen LogP contribution in [-0.4, -0.2) is 69.0 Å². The van der Waals surface area contributed by atoms with E-state index in [1.165, 1.54) is 6.42 Å². The molecule has 8 nitrogen and oxygen atoms in total. The number of rotatable bonds is 7. The van der Waals surface area contributed by atoms with Gasteiger partial charge in [0.1, 0.15) is 11.6 Å². The molecule has 3 aliphatic heterocycles. The number of nitrogens with zero attached hydrogens (tertiary/aromatic N) is 1. The monoisotopic (exact) mass is 561 g/mol. The highest BCUT2D eigenvalue weighted by atomic mass is 79.9. The van der Waals surface area contributed by atoms with Crippen molar-refractivity contribution in [3.05, 3.63) is 30.3 Å². The Labute approximate surface area is 220 Å². The number of amides is 3. The van der Waals surface area contributed by atoms with Gasteiger partial charge >= 0.3 is 0 Å². The molecule has 4 aliphatic rings. The lowest BCUT2D eigenvalue weighted by atomic mass is 9.70. The molecule has 36 heavy (non-hydrogen) atoms. The van der Waals surface area contributed by atoms with E-state index in [4.69, 9.17) is 4.74 Å². The summed E-state index contributed by atoms with van der Waals surface area (Å²) in [4.78, 5) is 43.0. The predicted octanol–water partition coefficient (Wildman–Crippen LogP) is 2.84. The molecule has 1 aromatic carbocycles. The standard InChI is InChI=1S/C27H36BrN3O5/c1-15(2)19(14-32)31-23(25(34)30-17-11-7-4-8-12-17)27-13-18(28)22(36-27)20(21(27)26(31)35)24(33)29-16-9-5-3-6-10-16/h3,5-6,9-10,15,17-23,32H,4,7-8,11-14H2,1-2H3,(H,29,33)(H,30,34)/t18?,19-,20-,21-,22-,23?,27?/m0/s1. The van der Waals surface area contributed by atoms with Crippen molar-refractivity contribution in [2.75, 3.05) is 11.9 Å². The maximum atomic E-state index is 14.1. The number of anilines is 1. The average Bonchev–Trinajstić information content (AvgIpc) is 3.44. The molecule has 0 radical (unpaired) electrons. The van der Waals surface area contributed by atoms with E-state index in [-0.39, 0.29) is 41.1 Å². The topological polar surface area (TPSA) is 108 Å². The Morgan fingerprint density at radius 2 is 1.86 bits per heavy atom. The molecule has 1 aliphatic carbocycles. The van der Waals surface area contributed by atoms with Crippen molar-refractivity contribution < 1.29 is 24.2 Å². The van der Waals surface area contributed by atoms with E-state index in [1.807, 2.05) is 32.0 Å². The highest BCUT2D eigenvalue weighted by Gasteiger charge is 2.77. The van der Waals surface area contributed by atoms with Crippen LogP contribution in [0.2, 0.25) is 0 Å². The lowest BCUT2D eigenvalue weighted by molar-refractivity contribution is -0.146. The van der Waals surface area contributed by atoms with Gasteiger partial charge in [0.15, 0.2) is 0 Å². The fourth-order valence-corrected chi connectivity index (χ4v) is 7.86. The van der Waals surface area contributed by atoms with Crippen LogP contribution in [0.4, 0.5) is 5.69 Å². The van der Waals surface area contributed by atoms with Gasteiger partial charge in [-0.25, -0.2) is 0 Å². The molecule has 2 bridgehead atoms. The van der Waals surface area contributed by atoms with Crippen LogP contribution in [0.5, 0.6) is 0 Å². The van der Waals surface area contributed by atoms with Crippen molar-refractivity contribution in [3.63, 3.8) is 0 Å². The number of aliphatic hydroxyl groups excluding tert-OH is 1. The van der Waals surface area contributed by atoms with Gasteiger partial charge < -0.3 is 25.4 Å². The second-order valence-corrected chi connectivity index (χ2v) is 12.3. The normalized spacial score (nSPS) is 34.6. The fourth-order valence-electron chi connectivity index (χ4n) is 6.92. The average molecular weight is 563 g/mol. The van der Waals surface area contributed by atoms with Crippen molar-refractivity contribution in [1.82, 2.24) is 10.2 Å². The van der Waals surface area contributed by atoms with E-state index in [9.17, 15) is 19.5 Å². The third-order valence-corrected chi connectivity index (χ3v) is 9.43. The number of hydrogen-bond acceptors (Lipinski definition) is 5. The van der Waals surface area contributed by atoms with E-state index < -0.39 is 35.6 Å². The third-order valence-electron chi connectivity index (χ3n) is 8.58. The van der Waals surface area contributed by atoms with E-state index in [2.05, 4.69) is 26.6 Å². The lowest BCUT2D eigenvalue weighted by Crippen LogP contribution is -2.60. The second kappa shape index (κ2) is 10.1. The fraction of sp³-hybridized carbons (Fsp3) is 0.667. The summed E-state index contributed by atoms with van der Waals surface area (Å²) >= 11 is 3.70. The van der Waals surface area contributed by atoms with Crippen LogP contribution in [0.25, 0.3) is 0 Å². The molecule has 3 N–H and O–H groups in total. The number of alkyl halides is 1. The highest BCUT2D eigenvalue weighted by molar-refractivity contribution is 9.09. The molecule has 1 spiro atoms. The first kappa shape index (κ1) is 25.7. The minimum Gasteiger partial charge on any atom is -0.394 e. The summed E-state index contributed by atoms with van der Waals surface area (Å²) in [5.74, 6) is -2.39. The molecule has 5 rings (SSSR count). The van der Waals surface area contributed by atoms with Gasteiger partial charge in [-0.05, 0) is 37.3 Å². The van der Waals surface area contributed by atoms with Gasteiger partial charge in [0.25, 0.3) is 0 Å². The first-order valence-electron chi connectivity index (χ1n) is 13.2. The Morgan fingerprint density at radius 3 is 2.50 bits per heavy atom. The quantitative estimate of drug-likeness (QED) is 0.443. The number of para-hydroxylation sites is 1. The number of fused-ring (bicyclic) bond motifs is 1. The molecule has 4 fully saturated rings. The Bertz CT molecular complexity index is 1000. The molecule has 196 valence electrons. The zero-order valence-electron chi connectivity index (χ0n) is 20.9. The van der Waals surface area contributed by atoms with Gasteiger partial charge in [0, 0.05) is 16.6 Å². The van der Waals surface area contributed by atoms with Gasteiger partial charge in [-0.15, -0.1) is 0 Å². The summed E-state index contributed by atoms with van der Waals surface area (Å²) in [7, 11) is 0. The largest absolute Gasteiger partial charge is 0.394 e. The predicted molar refractivity (Wildman–Crippen MR) is 138 cm³/mol. The van der Waals surface area contributed by atoms with Crippen LogP contribution in [0.1, 0.15) is 52.4 Å². The summed E-state index contributed by atoms with van der Waals surface area (Å²) in [5.41, 5.74) is -0.467. The number of carbonyl (C=O) groups excluding carboxylic acids is 3. The zero-order valence-corrected chi connectivity index (χ0v) is 22.4. The zero-order chi connectivity index (χ0) is 25.6. The lowest BCUT2D eigenvalue weighted by Gasteiger charge is -2.39. The first-order chi connectivity index (χ1) is 17.3. The number of aliphatic hydroxyl groups is 1. The van der Waals surface area contributed by atoms with Gasteiger partial charge in [-0.3, -0.25) is 14.4 Å².